The normalized spacial score (nSPS) is 11.8. The van der Waals surface area contributed by atoms with E-state index >= 15 is 0 Å². The van der Waals surface area contributed by atoms with E-state index in [0.717, 1.165) is 36.8 Å². The second-order valence-corrected chi connectivity index (χ2v) is 7.21. The number of rotatable bonds is 10. The van der Waals surface area contributed by atoms with Gasteiger partial charge in [0.15, 0.2) is 0 Å². The molecular weight excluding hydrogens is 348 g/mol. The summed E-state index contributed by atoms with van der Waals surface area (Å²) >= 11 is 0. The molecule has 2 aromatic rings. The average Bonchev–Trinajstić information content (AvgIpc) is 2.75. The van der Waals surface area contributed by atoms with Crippen LogP contribution in [0.25, 0.3) is 0 Å². The highest BCUT2D eigenvalue weighted by Crippen LogP contribution is 2.23. The Balaban J connectivity index is 1.93. The minimum absolute atomic E-state index is 0.00657. The van der Waals surface area contributed by atoms with E-state index in [9.17, 15) is 9.59 Å². The van der Waals surface area contributed by atoms with Crippen LogP contribution in [-0.4, -0.2) is 24.9 Å². The third kappa shape index (κ3) is 6.84. The second-order valence-electron chi connectivity index (χ2n) is 7.21. The van der Waals surface area contributed by atoms with E-state index in [4.69, 9.17) is 0 Å². The predicted molar refractivity (Wildman–Crippen MR) is 114 cm³/mol. The first-order valence-electron chi connectivity index (χ1n) is 10.3. The summed E-state index contributed by atoms with van der Waals surface area (Å²) in [7, 11) is 0. The van der Waals surface area contributed by atoms with E-state index in [0.29, 0.717) is 19.0 Å². The summed E-state index contributed by atoms with van der Waals surface area (Å²) in [4.78, 5) is 24.5. The van der Waals surface area contributed by atoms with Crippen molar-refractivity contribution in [1.29, 1.82) is 0 Å². The van der Waals surface area contributed by atoms with E-state index in [2.05, 4.69) is 24.5 Å². The average molecular weight is 381 g/mol. The molecule has 0 aromatic heterocycles. The Hall–Kier alpha value is -2.62. The summed E-state index contributed by atoms with van der Waals surface area (Å²) in [6.07, 6.45) is 4.38. The lowest BCUT2D eigenvalue weighted by Crippen LogP contribution is -2.43. The Bertz CT molecular complexity index is 676. The molecule has 2 aromatic carbocycles. The summed E-state index contributed by atoms with van der Waals surface area (Å²) in [5.41, 5.74) is 2.22. The third-order valence-corrected chi connectivity index (χ3v) is 5.17. The molecule has 0 fully saturated rings. The first-order chi connectivity index (χ1) is 13.7. The topological polar surface area (TPSA) is 58.2 Å². The summed E-state index contributed by atoms with van der Waals surface area (Å²) in [5, 5.41) is 5.61. The molecule has 0 aliphatic rings. The zero-order valence-corrected chi connectivity index (χ0v) is 17.0. The Morgan fingerprint density at radius 2 is 1.29 bits per heavy atom. The smallest absolute Gasteiger partial charge is 0.309 e. The second kappa shape index (κ2) is 12.0. The molecule has 0 aliphatic heterocycles. The zero-order chi connectivity index (χ0) is 20.2. The molecule has 28 heavy (non-hydrogen) atoms. The van der Waals surface area contributed by atoms with Gasteiger partial charge in [-0.2, -0.15) is 0 Å². The van der Waals surface area contributed by atoms with Crippen molar-refractivity contribution < 1.29 is 9.59 Å². The number of unbranched alkanes of at least 4 members (excludes halogenated alkanes) is 1. The standard InChI is InChI=1S/C24H32N2O2/c1-3-5-12-19(4-2)17-25-23(27)24(28)26-18-22(20-13-8-6-9-14-20)21-15-10-7-11-16-21/h6-11,13-16,19,22H,3-5,12,17-18H2,1-2H3,(H,25,27)(H,26,28)/t19-/m0/s1. The van der Waals surface area contributed by atoms with Crippen molar-refractivity contribution in [2.24, 2.45) is 5.92 Å². The summed E-state index contributed by atoms with van der Waals surface area (Å²) in [6, 6.07) is 20.1. The quantitative estimate of drug-likeness (QED) is 0.605. The fourth-order valence-corrected chi connectivity index (χ4v) is 3.33. The van der Waals surface area contributed by atoms with Crippen LogP contribution in [0.15, 0.2) is 60.7 Å². The highest BCUT2D eigenvalue weighted by atomic mass is 16.2. The first-order valence-corrected chi connectivity index (χ1v) is 10.3. The first kappa shape index (κ1) is 21.7. The Morgan fingerprint density at radius 3 is 1.75 bits per heavy atom. The van der Waals surface area contributed by atoms with Gasteiger partial charge >= 0.3 is 11.8 Å². The number of carbonyl (C=O) groups is 2. The highest BCUT2D eigenvalue weighted by Gasteiger charge is 2.19. The van der Waals surface area contributed by atoms with Crippen LogP contribution in [0.3, 0.4) is 0 Å². The van der Waals surface area contributed by atoms with Crippen LogP contribution in [0.1, 0.15) is 56.6 Å². The lowest BCUT2D eigenvalue weighted by atomic mass is 9.91. The van der Waals surface area contributed by atoms with E-state index in [-0.39, 0.29) is 5.92 Å². The summed E-state index contributed by atoms with van der Waals surface area (Å²) in [6.45, 7) is 5.22. The van der Waals surface area contributed by atoms with Gasteiger partial charge < -0.3 is 10.6 Å². The minimum atomic E-state index is -0.567. The molecule has 0 saturated carbocycles. The number of hydrogen-bond donors (Lipinski definition) is 2. The van der Waals surface area contributed by atoms with Crippen molar-refractivity contribution in [2.75, 3.05) is 13.1 Å². The predicted octanol–water partition coefficient (Wildman–Crippen LogP) is 4.27. The molecule has 2 rings (SSSR count). The zero-order valence-electron chi connectivity index (χ0n) is 17.0. The number of nitrogens with one attached hydrogen (secondary N) is 2. The molecule has 0 heterocycles. The molecule has 2 amide bonds. The third-order valence-electron chi connectivity index (χ3n) is 5.17. The van der Waals surface area contributed by atoms with Crippen molar-refractivity contribution in [3.8, 4) is 0 Å². The summed E-state index contributed by atoms with van der Waals surface area (Å²) in [5.74, 6) is -0.679. The number of carbonyl (C=O) groups excluding carboxylic acids is 2. The molecule has 0 radical (unpaired) electrons. The van der Waals surface area contributed by atoms with Gasteiger partial charge in [0, 0.05) is 19.0 Å². The van der Waals surface area contributed by atoms with Crippen molar-refractivity contribution in [3.05, 3.63) is 71.8 Å². The van der Waals surface area contributed by atoms with E-state index in [1.807, 2.05) is 60.7 Å². The monoisotopic (exact) mass is 380 g/mol. The van der Waals surface area contributed by atoms with Crippen LogP contribution in [0, 0.1) is 5.92 Å². The van der Waals surface area contributed by atoms with Gasteiger partial charge in [0.25, 0.3) is 0 Å². The van der Waals surface area contributed by atoms with Crippen LogP contribution in [0.2, 0.25) is 0 Å². The molecule has 1 atom stereocenters. The van der Waals surface area contributed by atoms with Gasteiger partial charge in [-0.25, -0.2) is 0 Å². The molecule has 0 unspecified atom stereocenters. The molecule has 0 spiro atoms. The highest BCUT2D eigenvalue weighted by molar-refractivity contribution is 6.35. The van der Waals surface area contributed by atoms with E-state index in [1.165, 1.54) is 0 Å². The van der Waals surface area contributed by atoms with Gasteiger partial charge in [0.1, 0.15) is 0 Å². The lowest BCUT2D eigenvalue weighted by Gasteiger charge is -2.19. The maximum Gasteiger partial charge on any atom is 0.309 e. The molecule has 2 N–H and O–H groups in total. The molecule has 4 heteroatoms. The van der Waals surface area contributed by atoms with Gasteiger partial charge in [-0.1, -0.05) is 93.8 Å². The SMILES string of the molecule is CCCC[C@H](CC)CNC(=O)C(=O)NCC(c1ccccc1)c1ccccc1. The summed E-state index contributed by atoms with van der Waals surface area (Å²) < 4.78 is 0. The van der Waals surface area contributed by atoms with Crippen LogP contribution in [-0.2, 0) is 9.59 Å². The molecule has 0 aliphatic carbocycles. The molecule has 0 bridgehead atoms. The van der Waals surface area contributed by atoms with Gasteiger partial charge in [0.2, 0.25) is 0 Å². The van der Waals surface area contributed by atoms with Crippen molar-refractivity contribution >= 4 is 11.8 Å². The molecule has 0 saturated heterocycles. The van der Waals surface area contributed by atoms with Gasteiger partial charge in [-0.05, 0) is 23.5 Å². The van der Waals surface area contributed by atoms with E-state index < -0.39 is 11.8 Å². The largest absolute Gasteiger partial charge is 0.348 e. The number of amides is 2. The Morgan fingerprint density at radius 1 is 0.786 bits per heavy atom. The van der Waals surface area contributed by atoms with Crippen molar-refractivity contribution in [3.63, 3.8) is 0 Å². The minimum Gasteiger partial charge on any atom is -0.348 e. The Labute approximate surface area is 168 Å². The van der Waals surface area contributed by atoms with E-state index in [1.54, 1.807) is 0 Å². The molecule has 150 valence electrons. The number of benzene rings is 2. The van der Waals surface area contributed by atoms with Crippen LogP contribution < -0.4 is 10.6 Å². The van der Waals surface area contributed by atoms with Gasteiger partial charge in [-0.15, -0.1) is 0 Å². The van der Waals surface area contributed by atoms with Crippen LogP contribution >= 0.6 is 0 Å². The van der Waals surface area contributed by atoms with Crippen molar-refractivity contribution in [1.82, 2.24) is 10.6 Å². The van der Waals surface area contributed by atoms with Gasteiger partial charge in [-0.3, -0.25) is 9.59 Å². The number of hydrogen-bond acceptors (Lipinski definition) is 2. The van der Waals surface area contributed by atoms with Crippen LogP contribution in [0.5, 0.6) is 0 Å². The lowest BCUT2D eigenvalue weighted by molar-refractivity contribution is -0.139. The molecule has 4 nitrogen and oxygen atoms in total. The van der Waals surface area contributed by atoms with Crippen LogP contribution in [0.4, 0.5) is 0 Å². The maximum absolute atomic E-state index is 12.3. The van der Waals surface area contributed by atoms with Gasteiger partial charge in [0.05, 0.1) is 0 Å². The fourth-order valence-electron chi connectivity index (χ4n) is 3.33. The van der Waals surface area contributed by atoms with Crippen molar-refractivity contribution in [2.45, 2.75) is 45.4 Å². The Kier molecular flexibility index (Phi) is 9.26. The molecular formula is C24H32N2O2. The fraction of sp³-hybridized carbons (Fsp3) is 0.417. The maximum atomic E-state index is 12.3.